The van der Waals surface area contributed by atoms with Gasteiger partial charge in [-0.25, -0.2) is 9.97 Å². The number of hydrogen-bond donors (Lipinski definition) is 1. The maximum absolute atomic E-state index is 6.27. The number of thiazole rings is 1. The Morgan fingerprint density at radius 1 is 1.23 bits per heavy atom. The van der Waals surface area contributed by atoms with Gasteiger partial charge in [0.25, 0.3) is 0 Å². The zero-order chi connectivity index (χ0) is 18.1. The summed E-state index contributed by atoms with van der Waals surface area (Å²) in [5, 5.41) is 3.44. The number of nitrogens with two attached hydrogens (primary N) is 1. The SMILES string of the molecule is COc1ccc(Cl)cc1-c1csc(-c2c(N)cccc2-n2ccnc2)n1. The molecule has 0 radical (unpaired) electrons. The predicted molar refractivity (Wildman–Crippen MR) is 106 cm³/mol. The van der Waals surface area contributed by atoms with Crippen molar-refractivity contribution in [2.75, 3.05) is 12.8 Å². The molecule has 2 heterocycles. The zero-order valence-corrected chi connectivity index (χ0v) is 15.5. The molecule has 4 rings (SSSR count). The minimum absolute atomic E-state index is 0.633. The number of nitrogens with zero attached hydrogens (tertiary/aromatic N) is 3. The molecule has 0 atom stereocenters. The van der Waals surface area contributed by atoms with Crippen LogP contribution in [0, 0.1) is 0 Å². The van der Waals surface area contributed by atoms with E-state index in [1.165, 1.54) is 11.3 Å². The van der Waals surface area contributed by atoms with Crippen molar-refractivity contribution in [2.45, 2.75) is 0 Å². The lowest BCUT2D eigenvalue weighted by atomic mass is 10.1. The van der Waals surface area contributed by atoms with Crippen LogP contribution in [0.4, 0.5) is 5.69 Å². The molecular formula is C19H15ClN4OS. The third kappa shape index (κ3) is 2.94. The predicted octanol–water partition coefficient (Wildman–Crippen LogP) is 4.91. The minimum atomic E-state index is 0.633. The number of methoxy groups -OCH3 is 1. The Balaban J connectivity index is 1.85. The second kappa shape index (κ2) is 6.82. The van der Waals surface area contributed by atoms with E-state index in [2.05, 4.69) is 4.98 Å². The van der Waals surface area contributed by atoms with E-state index >= 15 is 0 Å². The number of ether oxygens (including phenoxy) is 1. The molecule has 0 saturated heterocycles. The largest absolute Gasteiger partial charge is 0.496 e. The Labute approximate surface area is 159 Å². The Kier molecular flexibility index (Phi) is 4.36. The van der Waals surface area contributed by atoms with Gasteiger partial charge in [0.1, 0.15) is 10.8 Å². The quantitative estimate of drug-likeness (QED) is 0.509. The van der Waals surface area contributed by atoms with Gasteiger partial charge in [-0.3, -0.25) is 0 Å². The number of benzene rings is 2. The number of anilines is 1. The molecule has 2 aromatic carbocycles. The van der Waals surface area contributed by atoms with Crippen LogP contribution in [0.15, 0.2) is 60.5 Å². The van der Waals surface area contributed by atoms with Gasteiger partial charge in [0.15, 0.2) is 0 Å². The smallest absolute Gasteiger partial charge is 0.128 e. The second-order valence-corrected chi connectivity index (χ2v) is 6.89. The van der Waals surface area contributed by atoms with Crippen molar-refractivity contribution in [3.8, 4) is 33.3 Å². The van der Waals surface area contributed by atoms with Gasteiger partial charge in [-0.05, 0) is 30.3 Å². The highest BCUT2D eigenvalue weighted by molar-refractivity contribution is 7.13. The molecule has 4 aromatic rings. The minimum Gasteiger partial charge on any atom is -0.496 e. The highest BCUT2D eigenvalue weighted by Gasteiger charge is 2.16. The third-order valence-corrected chi connectivity index (χ3v) is 5.11. The molecule has 0 aliphatic rings. The van der Waals surface area contributed by atoms with Gasteiger partial charge in [0.05, 0.1) is 30.4 Å². The number of imidazole rings is 1. The van der Waals surface area contributed by atoms with Gasteiger partial charge in [-0.15, -0.1) is 11.3 Å². The Hall–Kier alpha value is -2.83. The Bertz CT molecular complexity index is 1060. The van der Waals surface area contributed by atoms with Gasteiger partial charge in [-0.2, -0.15) is 0 Å². The lowest BCUT2D eigenvalue weighted by Crippen LogP contribution is -1.98. The molecule has 0 saturated carbocycles. The van der Waals surface area contributed by atoms with E-state index in [4.69, 9.17) is 27.1 Å². The molecular weight excluding hydrogens is 368 g/mol. The third-order valence-electron chi connectivity index (χ3n) is 4.01. The van der Waals surface area contributed by atoms with Crippen LogP contribution in [-0.2, 0) is 0 Å². The number of nitrogen functional groups attached to an aromatic ring is 1. The topological polar surface area (TPSA) is 66.0 Å². The highest BCUT2D eigenvalue weighted by atomic mass is 35.5. The highest BCUT2D eigenvalue weighted by Crippen LogP contribution is 2.39. The van der Waals surface area contributed by atoms with Gasteiger partial charge in [0.2, 0.25) is 0 Å². The summed E-state index contributed by atoms with van der Waals surface area (Å²) in [4.78, 5) is 8.92. The second-order valence-electron chi connectivity index (χ2n) is 5.59. The lowest BCUT2D eigenvalue weighted by Gasteiger charge is -2.11. The summed E-state index contributed by atoms with van der Waals surface area (Å²) < 4.78 is 7.37. The van der Waals surface area contributed by atoms with Crippen LogP contribution in [0.1, 0.15) is 0 Å². The lowest BCUT2D eigenvalue weighted by molar-refractivity contribution is 0.416. The molecule has 0 unspecified atom stereocenters. The van der Waals surface area contributed by atoms with E-state index in [-0.39, 0.29) is 0 Å². The van der Waals surface area contributed by atoms with Crippen molar-refractivity contribution in [1.29, 1.82) is 0 Å². The monoisotopic (exact) mass is 382 g/mol. The first kappa shape index (κ1) is 16.6. The molecule has 130 valence electrons. The van der Waals surface area contributed by atoms with Crippen molar-refractivity contribution in [1.82, 2.24) is 14.5 Å². The average molecular weight is 383 g/mol. The first-order chi connectivity index (χ1) is 12.7. The molecule has 0 aliphatic carbocycles. The summed E-state index contributed by atoms with van der Waals surface area (Å²) in [6.45, 7) is 0. The number of halogens is 1. The molecule has 0 fully saturated rings. The first-order valence-corrected chi connectivity index (χ1v) is 9.10. The van der Waals surface area contributed by atoms with E-state index < -0.39 is 0 Å². The average Bonchev–Trinajstić information content (AvgIpc) is 3.33. The number of hydrogen-bond acceptors (Lipinski definition) is 5. The summed E-state index contributed by atoms with van der Waals surface area (Å²) in [6.07, 6.45) is 5.36. The molecule has 0 amide bonds. The first-order valence-electron chi connectivity index (χ1n) is 7.84. The number of rotatable bonds is 4. The molecule has 7 heteroatoms. The van der Waals surface area contributed by atoms with Gasteiger partial charge >= 0.3 is 0 Å². The number of aromatic nitrogens is 3. The van der Waals surface area contributed by atoms with Crippen LogP contribution in [0.25, 0.3) is 27.5 Å². The zero-order valence-electron chi connectivity index (χ0n) is 13.9. The molecule has 2 N–H and O–H groups in total. The Morgan fingerprint density at radius 2 is 2.12 bits per heavy atom. The van der Waals surface area contributed by atoms with E-state index in [9.17, 15) is 0 Å². The molecule has 0 bridgehead atoms. The fraction of sp³-hybridized carbons (Fsp3) is 0.0526. The van der Waals surface area contributed by atoms with Gasteiger partial charge in [-0.1, -0.05) is 17.7 Å². The van der Waals surface area contributed by atoms with Crippen molar-refractivity contribution in [3.05, 3.63) is 65.5 Å². The van der Waals surface area contributed by atoms with Crippen LogP contribution < -0.4 is 10.5 Å². The van der Waals surface area contributed by atoms with E-state index in [1.54, 1.807) is 25.7 Å². The fourth-order valence-electron chi connectivity index (χ4n) is 2.80. The van der Waals surface area contributed by atoms with Crippen molar-refractivity contribution < 1.29 is 4.74 Å². The van der Waals surface area contributed by atoms with Crippen LogP contribution >= 0.6 is 22.9 Å². The van der Waals surface area contributed by atoms with Crippen molar-refractivity contribution in [3.63, 3.8) is 0 Å². The van der Waals surface area contributed by atoms with E-state index in [0.717, 1.165) is 33.3 Å². The molecule has 26 heavy (non-hydrogen) atoms. The van der Waals surface area contributed by atoms with Gasteiger partial charge < -0.3 is 15.0 Å². The van der Waals surface area contributed by atoms with Crippen LogP contribution in [0.3, 0.4) is 0 Å². The molecule has 2 aromatic heterocycles. The van der Waals surface area contributed by atoms with Crippen LogP contribution in [0.2, 0.25) is 5.02 Å². The van der Waals surface area contributed by atoms with E-state index in [1.807, 2.05) is 46.5 Å². The maximum Gasteiger partial charge on any atom is 0.128 e. The maximum atomic E-state index is 6.27. The van der Waals surface area contributed by atoms with Crippen molar-refractivity contribution in [2.24, 2.45) is 0 Å². The standard InChI is InChI=1S/C19H15ClN4OS/c1-25-17-6-5-12(20)9-13(17)15-10-26-19(23-15)18-14(21)3-2-4-16(18)24-8-7-22-11-24/h2-11H,21H2,1H3. The van der Waals surface area contributed by atoms with Crippen molar-refractivity contribution >= 4 is 28.6 Å². The van der Waals surface area contributed by atoms with Gasteiger partial charge in [0, 0.05) is 34.0 Å². The van der Waals surface area contributed by atoms with Crippen LogP contribution in [-0.4, -0.2) is 21.6 Å². The Morgan fingerprint density at radius 3 is 2.88 bits per heavy atom. The summed E-state index contributed by atoms with van der Waals surface area (Å²) in [5.74, 6) is 0.724. The molecule has 0 aliphatic heterocycles. The summed E-state index contributed by atoms with van der Waals surface area (Å²) in [5.41, 5.74) is 10.4. The summed E-state index contributed by atoms with van der Waals surface area (Å²) in [7, 11) is 1.63. The molecule has 0 spiro atoms. The van der Waals surface area contributed by atoms with Crippen LogP contribution in [0.5, 0.6) is 5.75 Å². The summed E-state index contributed by atoms with van der Waals surface area (Å²) >= 11 is 7.68. The summed E-state index contributed by atoms with van der Waals surface area (Å²) in [6, 6.07) is 11.3. The van der Waals surface area contributed by atoms with E-state index in [0.29, 0.717) is 10.7 Å². The fourth-order valence-corrected chi connectivity index (χ4v) is 3.87. The normalized spacial score (nSPS) is 10.8. The molecule has 5 nitrogen and oxygen atoms in total.